The van der Waals surface area contributed by atoms with Gasteiger partial charge >= 0.3 is 0 Å². The Hall–Kier alpha value is -1.10. The quantitative estimate of drug-likeness (QED) is 0.673. The lowest BCUT2D eigenvalue weighted by atomic mass is 10.2. The second-order valence-corrected chi connectivity index (χ2v) is 5.89. The standard InChI is InChI=1S/C16H16BrClFNO/c1-2-8-20-10-12-13(18)4-3-5-15(12)21-16-7-6-11(17)9-14(16)19/h3-7,9,20H,2,8,10H2,1H3. The van der Waals surface area contributed by atoms with Gasteiger partial charge in [-0.1, -0.05) is 40.5 Å². The van der Waals surface area contributed by atoms with Crippen LogP contribution in [0, 0.1) is 5.82 Å². The van der Waals surface area contributed by atoms with Crippen LogP contribution < -0.4 is 10.1 Å². The van der Waals surface area contributed by atoms with E-state index in [1.807, 2.05) is 0 Å². The van der Waals surface area contributed by atoms with E-state index < -0.39 is 5.82 Å². The van der Waals surface area contributed by atoms with Gasteiger partial charge < -0.3 is 10.1 Å². The summed E-state index contributed by atoms with van der Waals surface area (Å²) in [6.07, 6.45) is 1.03. The van der Waals surface area contributed by atoms with Gasteiger partial charge in [-0.25, -0.2) is 4.39 Å². The molecule has 0 spiro atoms. The fourth-order valence-corrected chi connectivity index (χ4v) is 2.44. The summed E-state index contributed by atoms with van der Waals surface area (Å²) >= 11 is 9.44. The summed E-state index contributed by atoms with van der Waals surface area (Å²) in [4.78, 5) is 0. The maximum absolute atomic E-state index is 13.9. The number of rotatable bonds is 6. The fraction of sp³-hybridized carbons (Fsp3) is 0.250. The molecule has 0 radical (unpaired) electrons. The second kappa shape index (κ2) is 7.78. The highest BCUT2D eigenvalue weighted by Gasteiger charge is 2.11. The van der Waals surface area contributed by atoms with Crippen LogP contribution in [0.3, 0.4) is 0 Å². The van der Waals surface area contributed by atoms with E-state index in [9.17, 15) is 4.39 Å². The summed E-state index contributed by atoms with van der Waals surface area (Å²) < 4.78 is 20.2. The number of nitrogens with one attached hydrogen (secondary N) is 1. The zero-order valence-corrected chi connectivity index (χ0v) is 14.0. The first-order valence-electron chi connectivity index (χ1n) is 6.73. The molecule has 0 fully saturated rings. The van der Waals surface area contributed by atoms with Gasteiger partial charge in [-0.2, -0.15) is 0 Å². The molecule has 0 aliphatic heterocycles. The van der Waals surface area contributed by atoms with Gasteiger partial charge in [0.15, 0.2) is 11.6 Å². The van der Waals surface area contributed by atoms with Crippen LogP contribution in [0.15, 0.2) is 40.9 Å². The summed E-state index contributed by atoms with van der Waals surface area (Å²) in [6.45, 7) is 3.56. The first-order valence-corrected chi connectivity index (χ1v) is 7.90. The topological polar surface area (TPSA) is 21.3 Å². The molecule has 0 atom stereocenters. The molecule has 0 amide bonds. The number of benzene rings is 2. The molecule has 2 aromatic rings. The molecule has 2 aromatic carbocycles. The molecule has 0 bridgehead atoms. The van der Waals surface area contributed by atoms with Crippen molar-refractivity contribution in [2.75, 3.05) is 6.54 Å². The lowest BCUT2D eigenvalue weighted by molar-refractivity contribution is 0.435. The molecule has 0 heterocycles. The third kappa shape index (κ3) is 4.43. The molecule has 0 saturated carbocycles. The van der Waals surface area contributed by atoms with Gasteiger partial charge in [0.05, 0.1) is 0 Å². The molecular weight excluding hydrogens is 357 g/mol. The molecule has 0 aliphatic carbocycles. The Morgan fingerprint density at radius 1 is 1.24 bits per heavy atom. The van der Waals surface area contributed by atoms with E-state index in [0.29, 0.717) is 21.8 Å². The van der Waals surface area contributed by atoms with Crippen LogP contribution in [0.1, 0.15) is 18.9 Å². The SMILES string of the molecule is CCCNCc1c(Cl)cccc1Oc1ccc(Br)cc1F. The van der Waals surface area contributed by atoms with Gasteiger partial charge in [0.2, 0.25) is 0 Å². The van der Waals surface area contributed by atoms with Crippen LogP contribution in [-0.4, -0.2) is 6.54 Å². The van der Waals surface area contributed by atoms with Crippen molar-refractivity contribution in [2.45, 2.75) is 19.9 Å². The van der Waals surface area contributed by atoms with Crippen molar-refractivity contribution in [3.05, 3.63) is 57.3 Å². The van der Waals surface area contributed by atoms with Crippen LogP contribution in [-0.2, 0) is 6.54 Å². The highest BCUT2D eigenvalue weighted by Crippen LogP contribution is 2.32. The molecule has 1 N–H and O–H groups in total. The summed E-state index contributed by atoms with van der Waals surface area (Å²) in [7, 11) is 0. The number of ether oxygens (including phenoxy) is 1. The fourth-order valence-electron chi connectivity index (χ4n) is 1.87. The monoisotopic (exact) mass is 371 g/mol. The Balaban J connectivity index is 2.24. The van der Waals surface area contributed by atoms with Crippen LogP contribution in [0.4, 0.5) is 4.39 Å². The molecule has 0 saturated heterocycles. The Morgan fingerprint density at radius 2 is 2.05 bits per heavy atom. The van der Waals surface area contributed by atoms with E-state index in [1.54, 1.807) is 30.3 Å². The van der Waals surface area contributed by atoms with Gasteiger partial charge in [-0.05, 0) is 43.3 Å². The zero-order chi connectivity index (χ0) is 15.2. The smallest absolute Gasteiger partial charge is 0.166 e. The minimum absolute atomic E-state index is 0.178. The van der Waals surface area contributed by atoms with Crippen LogP contribution in [0.25, 0.3) is 0 Å². The molecule has 0 aromatic heterocycles. The summed E-state index contributed by atoms with van der Waals surface area (Å²) in [6, 6.07) is 10.1. The van der Waals surface area contributed by atoms with E-state index in [4.69, 9.17) is 16.3 Å². The summed E-state index contributed by atoms with van der Waals surface area (Å²) in [5, 5.41) is 3.88. The van der Waals surface area contributed by atoms with Crippen LogP contribution in [0.2, 0.25) is 5.02 Å². The zero-order valence-electron chi connectivity index (χ0n) is 11.6. The predicted molar refractivity (Wildman–Crippen MR) is 87.6 cm³/mol. The van der Waals surface area contributed by atoms with Crippen molar-refractivity contribution in [2.24, 2.45) is 0 Å². The Labute approximate surface area is 137 Å². The van der Waals surface area contributed by atoms with Crippen LogP contribution >= 0.6 is 27.5 Å². The maximum atomic E-state index is 13.9. The molecule has 0 unspecified atom stereocenters. The molecule has 5 heteroatoms. The van der Waals surface area contributed by atoms with E-state index in [-0.39, 0.29) is 5.75 Å². The Morgan fingerprint density at radius 3 is 2.76 bits per heavy atom. The minimum Gasteiger partial charge on any atom is -0.454 e. The van der Waals surface area contributed by atoms with Gasteiger partial charge in [0, 0.05) is 21.6 Å². The van der Waals surface area contributed by atoms with E-state index >= 15 is 0 Å². The average Bonchev–Trinajstić information content (AvgIpc) is 2.45. The molecule has 2 nitrogen and oxygen atoms in total. The third-order valence-corrected chi connectivity index (χ3v) is 3.77. The number of halogens is 3. The minimum atomic E-state index is -0.420. The Kier molecular flexibility index (Phi) is 6.03. The van der Waals surface area contributed by atoms with Gasteiger partial charge in [-0.15, -0.1) is 0 Å². The van der Waals surface area contributed by atoms with Crippen molar-refractivity contribution in [3.63, 3.8) is 0 Å². The van der Waals surface area contributed by atoms with E-state index in [2.05, 4.69) is 28.2 Å². The number of hydrogen-bond acceptors (Lipinski definition) is 2. The van der Waals surface area contributed by atoms with Gasteiger partial charge in [-0.3, -0.25) is 0 Å². The molecule has 112 valence electrons. The van der Waals surface area contributed by atoms with Crippen molar-refractivity contribution < 1.29 is 9.13 Å². The first kappa shape index (κ1) is 16.3. The van der Waals surface area contributed by atoms with Gasteiger partial charge in [0.1, 0.15) is 5.75 Å². The summed E-state index contributed by atoms with van der Waals surface area (Å²) in [5.41, 5.74) is 0.829. The predicted octanol–water partition coefficient (Wildman–Crippen LogP) is 5.53. The van der Waals surface area contributed by atoms with Crippen molar-refractivity contribution >= 4 is 27.5 Å². The second-order valence-electron chi connectivity index (χ2n) is 4.57. The molecule has 0 aliphatic rings. The normalized spacial score (nSPS) is 10.7. The van der Waals surface area contributed by atoms with Crippen molar-refractivity contribution in [1.29, 1.82) is 0 Å². The molecule has 21 heavy (non-hydrogen) atoms. The Bertz CT molecular complexity index is 621. The molecular formula is C16H16BrClFNO. The van der Waals surface area contributed by atoms with Gasteiger partial charge in [0.25, 0.3) is 0 Å². The highest BCUT2D eigenvalue weighted by atomic mass is 79.9. The van der Waals surface area contributed by atoms with Crippen molar-refractivity contribution in [1.82, 2.24) is 5.32 Å². The lowest BCUT2D eigenvalue weighted by Gasteiger charge is -2.14. The third-order valence-electron chi connectivity index (χ3n) is 2.92. The largest absolute Gasteiger partial charge is 0.454 e. The highest BCUT2D eigenvalue weighted by molar-refractivity contribution is 9.10. The number of hydrogen-bond donors (Lipinski definition) is 1. The summed E-state index contributed by atoms with van der Waals surface area (Å²) in [5.74, 6) is 0.321. The molecule has 2 rings (SSSR count). The first-order chi connectivity index (χ1) is 10.1. The van der Waals surface area contributed by atoms with Crippen molar-refractivity contribution in [3.8, 4) is 11.5 Å². The van der Waals surface area contributed by atoms with E-state index in [1.165, 1.54) is 6.07 Å². The average molecular weight is 373 g/mol. The van der Waals surface area contributed by atoms with Crippen LogP contribution in [0.5, 0.6) is 11.5 Å². The van der Waals surface area contributed by atoms with E-state index in [0.717, 1.165) is 18.5 Å². The maximum Gasteiger partial charge on any atom is 0.166 e. The lowest BCUT2D eigenvalue weighted by Crippen LogP contribution is -2.14.